The number of nitrogens with zero attached hydrogens (tertiary/aromatic N) is 2. The standard InChI is InChI=1S/C15H19ClN4/c1-9(2)13-14(17-4)18-8-19-15(13)20-12-7-10(3)5-6-11(12)16/h5-9H,1-4H3,(H2,17,18,19,20). The summed E-state index contributed by atoms with van der Waals surface area (Å²) in [6.45, 7) is 6.26. The van der Waals surface area contributed by atoms with Gasteiger partial charge in [-0.1, -0.05) is 31.5 Å². The molecule has 0 aliphatic carbocycles. The second kappa shape index (κ2) is 6.09. The summed E-state index contributed by atoms with van der Waals surface area (Å²) in [7, 11) is 1.86. The molecule has 0 unspecified atom stereocenters. The highest BCUT2D eigenvalue weighted by Gasteiger charge is 2.15. The topological polar surface area (TPSA) is 49.8 Å². The van der Waals surface area contributed by atoms with Gasteiger partial charge < -0.3 is 10.6 Å². The van der Waals surface area contributed by atoms with E-state index >= 15 is 0 Å². The zero-order valence-electron chi connectivity index (χ0n) is 12.2. The normalized spacial score (nSPS) is 10.7. The van der Waals surface area contributed by atoms with Gasteiger partial charge in [0.15, 0.2) is 0 Å². The molecule has 1 heterocycles. The van der Waals surface area contributed by atoms with Crippen LogP contribution >= 0.6 is 11.6 Å². The van der Waals surface area contributed by atoms with Gasteiger partial charge in [-0.3, -0.25) is 0 Å². The van der Waals surface area contributed by atoms with E-state index in [1.54, 1.807) is 6.33 Å². The first-order valence-electron chi connectivity index (χ1n) is 6.58. The van der Waals surface area contributed by atoms with Gasteiger partial charge in [-0.15, -0.1) is 0 Å². The van der Waals surface area contributed by atoms with E-state index in [1.165, 1.54) is 0 Å². The van der Waals surface area contributed by atoms with Crippen molar-refractivity contribution in [1.82, 2.24) is 9.97 Å². The maximum Gasteiger partial charge on any atom is 0.139 e. The molecule has 0 bridgehead atoms. The van der Waals surface area contributed by atoms with E-state index in [0.717, 1.165) is 28.5 Å². The first-order chi connectivity index (χ1) is 9.52. The SMILES string of the molecule is CNc1ncnc(Nc2cc(C)ccc2Cl)c1C(C)C. The number of hydrogen-bond donors (Lipinski definition) is 2. The minimum atomic E-state index is 0.296. The summed E-state index contributed by atoms with van der Waals surface area (Å²) in [5.74, 6) is 1.91. The molecule has 0 atom stereocenters. The molecule has 0 fully saturated rings. The minimum absolute atomic E-state index is 0.296. The Hall–Kier alpha value is -1.81. The first-order valence-corrected chi connectivity index (χ1v) is 6.96. The van der Waals surface area contributed by atoms with Crippen molar-refractivity contribution in [1.29, 1.82) is 0 Å². The second-order valence-electron chi connectivity index (χ2n) is 5.00. The van der Waals surface area contributed by atoms with Crippen LogP contribution in [0, 0.1) is 6.92 Å². The maximum absolute atomic E-state index is 6.23. The summed E-state index contributed by atoms with van der Waals surface area (Å²) in [4.78, 5) is 8.62. The fourth-order valence-electron chi connectivity index (χ4n) is 2.10. The number of anilines is 3. The highest BCUT2D eigenvalue weighted by atomic mass is 35.5. The Morgan fingerprint density at radius 2 is 1.85 bits per heavy atom. The van der Waals surface area contributed by atoms with Gasteiger partial charge in [0.1, 0.15) is 18.0 Å². The average Bonchev–Trinajstić information content (AvgIpc) is 2.42. The Labute approximate surface area is 124 Å². The highest BCUT2D eigenvalue weighted by molar-refractivity contribution is 6.33. The number of benzene rings is 1. The Balaban J connectivity index is 2.45. The van der Waals surface area contributed by atoms with Crippen molar-refractivity contribution in [2.45, 2.75) is 26.7 Å². The Bertz CT molecular complexity index is 611. The van der Waals surface area contributed by atoms with Crippen LogP contribution in [0.15, 0.2) is 24.5 Å². The summed E-state index contributed by atoms with van der Waals surface area (Å²) >= 11 is 6.23. The van der Waals surface area contributed by atoms with E-state index in [1.807, 2.05) is 32.2 Å². The molecule has 0 radical (unpaired) electrons. The molecule has 0 saturated carbocycles. The van der Waals surface area contributed by atoms with E-state index in [0.29, 0.717) is 10.9 Å². The lowest BCUT2D eigenvalue weighted by Crippen LogP contribution is -2.07. The second-order valence-corrected chi connectivity index (χ2v) is 5.40. The Morgan fingerprint density at radius 3 is 2.50 bits per heavy atom. The summed E-state index contributed by atoms with van der Waals surface area (Å²) in [5.41, 5.74) is 3.05. The van der Waals surface area contributed by atoms with Gasteiger partial charge in [0.05, 0.1) is 10.7 Å². The van der Waals surface area contributed by atoms with Crippen molar-refractivity contribution in [3.05, 3.63) is 40.7 Å². The Morgan fingerprint density at radius 1 is 1.15 bits per heavy atom. The third-order valence-electron chi connectivity index (χ3n) is 3.07. The molecular formula is C15H19ClN4. The molecule has 0 aliphatic rings. The molecule has 106 valence electrons. The van der Waals surface area contributed by atoms with Gasteiger partial charge in [0, 0.05) is 12.6 Å². The monoisotopic (exact) mass is 290 g/mol. The van der Waals surface area contributed by atoms with Crippen LogP contribution in [0.5, 0.6) is 0 Å². The van der Waals surface area contributed by atoms with Crippen LogP contribution in [0.25, 0.3) is 0 Å². The van der Waals surface area contributed by atoms with Crippen LogP contribution in [-0.2, 0) is 0 Å². The summed E-state index contributed by atoms with van der Waals surface area (Å²) in [5, 5.41) is 7.10. The molecule has 5 heteroatoms. The maximum atomic E-state index is 6.23. The molecule has 2 aromatic rings. The fourth-order valence-corrected chi connectivity index (χ4v) is 2.27. The molecular weight excluding hydrogens is 272 g/mol. The molecule has 2 rings (SSSR count). The van der Waals surface area contributed by atoms with Crippen molar-refractivity contribution >= 4 is 28.9 Å². The molecule has 0 spiro atoms. The van der Waals surface area contributed by atoms with Crippen molar-refractivity contribution in [2.75, 3.05) is 17.7 Å². The van der Waals surface area contributed by atoms with E-state index in [4.69, 9.17) is 11.6 Å². The van der Waals surface area contributed by atoms with Crippen LogP contribution in [0.3, 0.4) is 0 Å². The fraction of sp³-hybridized carbons (Fsp3) is 0.333. The number of hydrogen-bond acceptors (Lipinski definition) is 4. The Kier molecular flexibility index (Phi) is 4.45. The molecule has 1 aromatic heterocycles. The van der Waals surface area contributed by atoms with Gasteiger partial charge >= 0.3 is 0 Å². The van der Waals surface area contributed by atoms with E-state index in [-0.39, 0.29) is 0 Å². The molecule has 20 heavy (non-hydrogen) atoms. The molecule has 2 N–H and O–H groups in total. The average molecular weight is 291 g/mol. The van der Waals surface area contributed by atoms with Gasteiger partial charge in [-0.2, -0.15) is 0 Å². The number of nitrogens with one attached hydrogen (secondary N) is 2. The van der Waals surface area contributed by atoms with Crippen LogP contribution in [0.1, 0.15) is 30.9 Å². The van der Waals surface area contributed by atoms with Crippen LogP contribution in [0.4, 0.5) is 17.3 Å². The number of aromatic nitrogens is 2. The lowest BCUT2D eigenvalue weighted by atomic mass is 10.0. The smallest absolute Gasteiger partial charge is 0.139 e. The van der Waals surface area contributed by atoms with Gasteiger partial charge in [-0.25, -0.2) is 9.97 Å². The number of halogens is 1. The van der Waals surface area contributed by atoms with Gasteiger partial charge in [0.2, 0.25) is 0 Å². The first kappa shape index (κ1) is 14.6. The predicted octanol–water partition coefficient (Wildman–Crippen LogP) is 4.35. The molecule has 0 amide bonds. The quantitative estimate of drug-likeness (QED) is 0.879. The third kappa shape index (κ3) is 3.02. The van der Waals surface area contributed by atoms with Gasteiger partial charge in [-0.05, 0) is 30.5 Å². The lowest BCUT2D eigenvalue weighted by molar-refractivity contribution is 0.852. The summed E-state index contributed by atoms with van der Waals surface area (Å²) < 4.78 is 0. The van der Waals surface area contributed by atoms with Gasteiger partial charge in [0.25, 0.3) is 0 Å². The minimum Gasteiger partial charge on any atom is -0.373 e. The summed E-state index contributed by atoms with van der Waals surface area (Å²) in [6, 6.07) is 5.87. The number of aryl methyl sites for hydroxylation is 1. The van der Waals surface area contributed by atoms with Crippen LogP contribution < -0.4 is 10.6 Å². The van der Waals surface area contributed by atoms with Crippen molar-refractivity contribution in [2.24, 2.45) is 0 Å². The lowest BCUT2D eigenvalue weighted by Gasteiger charge is -2.17. The molecule has 0 saturated heterocycles. The zero-order chi connectivity index (χ0) is 14.7. The molecule has 1 aromatic carbocycles. The van der Waals surface area contributed by atoms with E-state index in [2.05, 4.69) is 34.4 Å². The van der Waals surface area contributed by atoms with Crippen LogP contribution in [-0.4, -0.2) is 17.0 Å². The van der Waals surface area contributed by atoms with Crippen LogP contribution in [0.2, 0.25) is 5.02 Å². The molecule has 4 nitrogen and oxygen atoms in total. The van der Waals surface area contributed by atoms with Crippen molar-refractivity contribution in [3.63, 3.8) is 0 Å². The predicted molar refractivity (Wildman–Crippen MR) is 85.1 cm³/mol. The highest BCUT2D eigenvalue weighted by Crippen LogP contribution is 2.32. The van der Waals surface area contributed by atoms with E-state index in [9.17, 15) is 0 Å². The van der Waals surface area contributed by atoms with E-state index < -0.39 is 0 Å². The largest absolute Gasteiger partial charge is 0.373 e. The number of rotatable bonds is 4. The third-order valence-corrected chi connectivity index (χ3v) is 3.40. The molecule has 0 aliphatic heterocycles. The zero-order valence-corrected chi connectivity index (χ0v) is 12.9. The summed E-state index contributed by atoms with van der Waals surface area (Å²) in [6.07, 6.45) is 1.55. The van der Waals surface area contributed by atoms with Crippen molar-refractivity contribution < 1.29 is 0 Å². The van der Waals surface area contributed by atoms with Crippen molar-refractivity contribution in [3.8, 4) is 0 Å².